The van der Waals surface area contributed by atoms with Crippen LogP contribution in [0, 0.1) is 6.92 Å². The zero-order chi connectivity index (χ0) is 15.6. The summed E-state index contributed by atoms with van der Waals surface area (Å²) in [4.78, 5) is 14.3. The van der Waals surface area contributed by atoms with Crippen molar-refractivity contribution in [3.05, 3.63) is 57.0 Å². The van der Waals surface area contributed by atoms with Crippen molar-refractivity contribution < 1.29 is 4.79 Å². The lowest BCUT2D eigenvalue weighted by Crippen LogP contribution is -2.17. The van der Waals surface area contributed by atoms with Gasteiger partial charge in [-0.2, -0.15) is 0 Å². The van der Waals surface area contributed by atoms with E-state index in [1.165, 1.54) is 0 Å². The molecule has 0 saturated heterocycles. The van der Waals surface area contributed by atoms with E-state index in [2.05, 4.69) is 21.2 Å². The molecule has 0 aliphatic carbocycles. The quantitative estimate of drug-likeness (QED) is 0.850. The van der Waals surface area contributed by atoms with Gasteiger partial charge in [-0.25, -0.2) is 0 Å². The summed E-state index contributed by atoms with van der Waals surface area (Å²) in [5.74, 6) is -0.170. The van der Waals surface area contributed by atoms with E-state index >= 15 is 0 Å². The maximum Gasteiger partial charge on any atom is 0.256 e. The molecule has 0 radical (unpaired) electrons. The van der Waals surface area contributed by atoms with Crippen molar-refractivity contribution in [2.24, 2.45) is 0 Å². The summed E-state index contributed by atoms with van der Waals surface area (Å²) in [6.07, 6.45) is 0. The number of nitrogens with one attached hydrogen (secondary N) is 1. The molecule has 0 saturated carbocycles. The Morgan fingerprint density at radius 1 is 1.24 bits per heavy atom. The molecule has 0 bridgehead atoms. The van der Waals surface area contributed by atoms with Crippen LogP contribution in [-0.4, -0.2) is 20.0 Å². The van der Waals surface area contributed by atoms with Crippen molar-refractivity contribution >= 4 is 44.8 Å². The zero-order valence-electron chi connectivity index (χ0n) is 12.1. The van der Waals surface area contributed by atoms with E-state index in [-0.39, 0.29) is 5.91 Å². The van der Waals surface area contributed by atoms with Gasteiger partial charge in [-0.15, -0.1) is 0 Å². The fraction of sp³-hybridized carbons (Fsp3) is 0.188. The molecule has 2 rings (SSSR count). The highest BCUT2D eigenvalue weighted by Crippen LogP contribution is 2.33. The molecule has 1 N–H and O–H groups in total. The van der Waals surface area contributed by atoms with Gasteiger partial charge >= 0.3 is 0 Å². The predicted octanol–water partition coefficient (Wildman–Crippen LogP) is 4.73. The number of nitrogens with zero attached hydrogens (tertiary/aromatic N) is 1. The number of hydrogen-bond donors (Lipinski definition) is 1. The Balaban J connectivity index is 2.36. The number of benzene rings is 2. The Kier molecular flexibility index (Phi) is 4.91. The lowest BCUT2D eigenvalue weighted by atomic mass is 10.1. The number of aryl methyl sites for hydroxylation is 1. The molecule has 0 fully saturated rings. The minimum Gasteiger partial charge on any atom is -0.375 e. The molecule has 0 aliphatic heterocycles. The smallest absolute Gasteiger partial charge is 0.256 e. The SMILES string of the molecule is Cc1ccc(Br)c(C(=O)Nc2cccc(Cl)c2N(C)C)c1. The van der Waals surface area contributed by atoms with Gasteiger partial charge in [-0.1, -0.05) is 29.3 Å². The van der Waals surface area contributed by atoms with Crippen LogP contribution >= 0.6 is 27.5 Å². The van der Waals surface area contributed by atoms with Crippen molar-refractivity contribution in [1.29, 1.82) is 0 Å². The van der Waals surface area contributed by atoms with Crippen LogP contribution < -0.4 is 10.2 Å². The summed E-state index contributed by atoms with van der Waals surface area (Å²) in [5, 5.41) is 3.52. The summed E-state index contributed by atoms with van der Waals surface area (Å²) in [6, 6.07) is 11.1. The predicted molar refractivity (Wildman–Crippen MR) is 92.6 cm³/mol. The summed E-state index contributed by atoms with van der Waals surface area (Å²) in [7, 11) is 3.78. The van der Waals surface area contributed by atoms with Gasteiger partial charge in [-0.05, 0) is 47.1 Å². The molecular weight excluding hydrogens is 352 g/mol. The van der Waals surface area contributed by atoms with Gasteiger partial charge in [-0.3, -0.25) is 4.79 Å². The molecule has 2 aromatic rings. The number of halogens is 2. The lowest BCUT2D eigenvalue weighted by Gasteiger charge is -2.19. The van der Waals surface area contributed by atoms with Crippen molar-refractivity contribution in [3.63, 3.8) is 0 Å². The lowest BCUT2D eigenvalue weighted by molar-refractivity contribution is 0.102. The number of amides is 1. The minimum absolute atomic E-state index is 0.170. The van der Waals surface area contributed by atoms with Gasteiger partial charge in [0.1, 0.15) is 0 Å². The maximum atomic E-state index is 12.5. The standard InChI is InChI=1S/C16H16BrClN2O/c1-10-7-8-12(17)11(9-10)16(21)19-14-6-4-5-13(18)15(14)20(2)3/h4-9H,1-3H3,(H,19,21). The Morgan fingerprint density at radius 3 is 2.62 bits per heavy atom. The zero-order valence-corrected chi connectivity index (χ0v) is 14.4. The molecule has 0 spiro atoms. The number of rotatable bonds is 3. The third kappa shape index (κ3) is 3.57. The molecule has 0 aromatic heterocycles. The van der Waals surface area contributed by atoms with Crippen LogP contribution in [0.2, 0.25) is 5.02 Å². The van der Waals surface area contributed by atoms with E-state index in [0.717, 1.165) is 15.7 Å². The third-order valence-electron chi connectivity index (χ3n) is 3.05. The molecule has 21 heavy (non-hydrogen) atoms. The van der Waals surface area contributed by atoms with Crippen LogP contribution in [0.25, 0.3) is 0 Å². The minimum atomic E-state index is -0.170. The normalized spacial score (nSPS) is 10.3. The van der Waals surface area contributed by atoms with Crippen LogP contribution in [-0.2, 0) is 0 Å². The van der Waals surface area contributed by atoms with Gasteiger partial charge in [0, 0.05) is 18.6 Å². The van der Waals surface area contributed by atoms with E-state index in [1.807, 2.05) is 56.3 Å². The van der Waals surface area contributed by atoms with Gasteiger partial charge in [0.05, 0.1) is 22.0 Å². The van der Waals surface area contributed by atoms with E-state index < -0.39 is 0 Å². The van der Waals surface area contributed by atoms with Gasteiger partial charge in [0.2, 0.25) is 0 Å². The van der Waals surface area contributed by atoms with E-state index in [0.29, 0.717) is 16.3 Å². The first-order valence-corrected chi connectivity index (χ1v) is 7.60. The maximum absolute atomic E-state index is 12.5. The van der Waals surface area contributed by atoms with Crippen molar-refractivity contribution in [2.45, 2.75) is 6.92 Å². The average molecular weight is 368 g/mol. The second-order valence-electron chi connectivity index (χ2n) is 4.97. The van der Waals surface area contributed by atoms with Crippen LogP contribution in [0.4, 0.5) is 11.4 Å². The number of carbonyl (C=O) groups excluding carboxylic acids is 1. The highest BCUT2D eigenvalue weighted by molar-refractivity contribution is 9.10. The van der Waals surface area contributed by atoms with E-state index in [4.69, 9.17) is 11.6 Å². The molecule has 1 amide bonds. The van der Waals surface area contributed by atoms with Gasteiger partial charge < -0.3 is 10.2 Å². The molecule has 0 aliphatic rings. The summed E-state index contributed by atoms with van der Waals surface area (Å²) in [5.41, 5.74) is 3.10. The number of carbonyl (C=O) groups is 1. The summed E-state index contributed by atoms with van der Waals surface area (Å²) < 4.78 is 0.763. The molecule has 3 nitrogen and oxygen atoms in total. The van der Waals surface area contributed by atoms with Crippen LogP contribution in [0.15, 0.2) is 40.9 Å². The Bertz CT molecular complexity index is 686. The average Bonchev–Trinajstić information content (AvgIpc) is 2.41. The molecule has 5 heteroatoms. The first kappa shape index (κ1) is 15.9. The second kappa shape index (κ2) is 6.50. The number of anilines is 2. The number of para-hydroxylation sites is 1. The van der Waals surface area contributed by atoms with E-state index in [1.54, 1.807) is 6.07 Å². The summed E-state index contributed by atoms with van der Waals surface area (Å²) in [6.45, 7) is 1.95. The second-order valence-corrected chi connectivity index (χ2v) is 6.23. The Morgan fingerprint density at radius 2 is 1.95 bits per heavy atom. The van der Waals surface area contributed by atoms with Crippen molar-refractivity contribution in [3.8, 4) is 0 Å². The summed E-state index contributed by atoms with van der Waals surface area (Å²) >= 11 is 9.62. The fourth-order valence-corrected chi connectivity index (χ4v) is 2.84. The third-order valence-corrected chi connectivity index (χ3v) is 4.05. The van der Waals surface area contributed by atoms with Crippen LogP contribution in [0.5, 0.6) is 0 Å². The topological polar surface area (TPSA) is 32.3 Å². The largest absolute Gasteiger partial charge is 0.375 e. The molecular formula is C16H16BrClN2O. The fourth-order valence-electron chi connectivity index (χ4n) is 2.07. The molecule has 2 aromatic carbocycles. The highest BCUT2D eigenvalue weighted by atomic mass is 79.9. The first-order chi connectivity index (χ1) is 9.90. The molecule has 110 valence electrons. The van der Waals surface area contributed by atoms with E-state index in [9.17, 15) is 4.79 Å². The van der Waals surface area contributed by atoms with Crippen molar-refractivity contribution in [1.82, 2.24) is 0 Å². The van der Waals surface area contributed by atoms with Gasteiger partial charge in [0.15, 0.2) is 0 Å². The van der Waals surface area contributed by atoms with Crippen LogP contribution in [0.1, 0.15) is 15.9 Å². The Hall–Kier alpha value is -1.52. The number of hydrogen-bond acceptors (Lipinski definition) is 2. The van der Waals surface area contributed by atoms with Crippen LogP contribution in [0.3, 0.4) is 0 Å². The monoisotopic (exact) mass is 366 g/mol. The highest BCUT2D eigenvalue weighted by Gasteiger charge is 2.15. The Labute approximate surface area is 138 Å². The van der Waals surface area contributed by atoms with Crippen molar-refractivity contribution in [2.75, 3.05) is 24.3 Å². The molecule has 0 atom stereocenters. The molecule has 0 heterocycles. The molecule has 0 unspecified atom stereocenters. The van der Waals surface area contributed by atoms with Gasteiger partial charge in [0.25, 0.3) is 5.91 Å². The first-order valence-electron chi connectivity index (χ1n) is 6.43.